The number of rotatable bonds is 3. The van der Waals surface area contributed by atoms with Crippen LogP contribution in [0.5, 0.6) is 0 Å². The molecular formula is C20H24N6O2. The SMILES string of the molecule is O=C(c1ccn(C2CCCNC2)n1)N1CCN(c2nc3ccccc3o2)CC1. The van der Waals surface area contributed by atoms with Crippen molar-refractivity contribution >= 4 is 23.0 Å². The summed E-state index contributed by atoms with van der Waals surface area (Å²) in [6.07, 6.45) is 4.18. The molecule has 1 aromatic carbocycles. The number of oxazole rings is 1. The van der Waals surface area contributed by atoms with Crippen LogP contribution in [0.15, 0.2) is 40.9 Å². The number of carbonyl (C=O) groups is 1. The van der Waals surface area contributed by atoms with Gasteiger partial charge in [0.15, 0.2) is 5.58 Å². The van der Waals surface area contributed by atoms with Crippen LogP contribution in [0.1, 0.15) is 29.4 Å². The average molecular weight is 380 g/mol. The number of benzene rings is 1. The number of amides is 1. The smallest absolute Gasteiger partial charge is 0.298 e. The summed E-state index contributed by atoms with van der Waals surface area (Å²) in [6, 6.07) is 10.6. The predicted octanol–water partition coefficient (Wildman–Crippen LogP) is 1.91. The highest BCUT2D eigenvalue weighted by atomic mass is 16.4. The number of hydrogen-bond acceptors (Lipinski definition) is 6. The summed E-state index contributed by atoms with van der Waals surface area (Å²) < 4.78 is 7.79. The molecule has 0 radical (unpaired) electrons. The summed E-state index contributed by atoms with van der Waals surface area (Å²) in [7, 11) is 0. The van der Waals surface area contributed by atoms with Crippen molar-refractivity contribution in [2.75, 3.05) is 44.2 Å². The zero-order valence-electron chi connectivity index (χ0n) is 15.8. The number of para-hydroxylation sites is 2. The van der Waals surface area contributed by atoms with Gasteiger partial charge in [0.25, 0.3) is 11.9 Å². The molecule has 28 heavy (non-hydrogen) atoms. The quantitative estimate of drug-likeness (QED) is 0.748. The summed E-state index contributed by atoms with van der Waals surface area (Å²) in [5.74, 6) is -0.000246. The summed E-state index contributed by atoms with van der Waals surface area (Å²) in [5.41, 5.74) is 2.18. The first-order chi connectivity index (χ1) is 13.8. The van der Waals surface area contributed by atoms with Crippen molar-refractivity contribution in [1.82, 2.24) is 25.0 Å². The Balaban J connectivity index is 1.22. The number of carbonyl (C=O) groups excluding carboxylic acids is 1. The number of nitrogens with zero attached hydrogens (tertiary/aromatic N) is 5. The number of anilines is 1. The van der Waals surface area contributed by atoms with Crippen molar-refractivity contribution < 1.29 is 9.21 Å². The first-order valence-electron chi connectivity index (χ1n) is 9.93. The summed E-state index contributed by atoms with van der Waals surface area (Å²) in [5, 5.41) is 7.94. The molecule has 0 bridgehead atoms. The lowest BCUT2D eigenvalue weighted by atomic mass is 10.1. The number of nitrogens with one attached hydrogen (secondary N) is 1. The van der Waals surface area contributed by atoms with Gasteiger partial charge in [0, 0.05) is 38.9 Å². The van der Waals surface area contributed by atoms with Gasteiger partial charge in [0.2, 0.25) is 0 Å². The van der Waals surface area contributed by atoms with E-state index in [1.165, 1.54) is 0 Å². The first kappa shape index (κ1) is 17.2. The molecule has 1 N–H and O–H groups in total. The van der Waals surface area contributed by atoms with Crippen LogP contribution in [0.3, 0.4) is 0 Å². The minimum Gasteiger partial charge on any atom is -0.423 e. The van der Waals surface area contributed by atoms with Crippen molar-refractivity contribution in [3.05, 3.63) is 42.2 Å². The van der Waals surface area contributed by atoms with Gasteiger partial charge in [0.1, 0.15) is 11.2 Å². The van der Waals surface area contributed by atoms with Crippen molar-refractivity contribution in [2.24, 2.45) is 0 Å². The van der Waals surface area contributed by atoms with Crippen LogP contribution < -0.4 is 10.2 Å². The van der Waals surface area contributed by atoms with E-state index in [1.54, 1.807) is 0 Å². The standard InChI is InChI=1S/C20H24N6O2/c27-19(17-7-9-26(23-17)15-4-3-8-21-14-15)24-10-12-25(13-11-24)20-22-16-5-1-2-6-18(16)28-20/h1-2,5-7,9,15,21H,3-4,8,10-14H2. The Labute approximate surface area is 163 Å². The van der Waals surface area contributed by atoms with E-state index in [1.807, 2.05) is 46.1 Å². The third kappa shape index (κ3) is 3.24. The molecule has 146 valence electrons. The molecule has 0 saturated carbocycles. The Kier molecular flexibility index (Phi) is 4.48. The van der Waals surface area contributed by atoms with Gasteiger partial charge in [0.05, 0.1) is 6.04 Å². The second kappa shape index (κ2) is 7.27. The average Bonchev–Trinajstić information content (AvgIpc) is 3.41. The predicted molar refractivity (Wildman–Crippen MR) is 105 cm³/mol. The van der Waals surface area contributed by atoms with E-state index in [4.69, 9.17) is 4.42 Å². The Hall–Kier alpha value is -2.87. The lowest BCUT2D eigenvalue weighted by molar-refractivity contribution is 0.0737. The number of hydrogen-bond donors (Lipinski definition) is 1. The minimum absolute atomic E-state index is 0.000246. The number of piperazine rings is 1. The molecule has 2 aliphatic heterocycles. The highest BCUT2D eigenvalue weighted by Crippen LogP contribution is 2.23. The fourth-order valence-electron chi connectivity index (χ4n) is 3.97. The molecular weight excluding hydrogens is 356 g/mol. The second-order valence-electron chi connectivity index (χ2n) is 7.42. The van der Waals surface area contributed by atoms with E-state index in [9.17, 15) is 4.79 Å². The van der Waals surface area contributed by atoms with Crippen LogP contribution in [-0.2, 0) is 0 Å². The third-order valence-corrected chi connectivity index (χ3v) is 5.59. The molecule has 2 saturated heterocycles. The van der Waals surface area contributed by atoms with Gasteiger partial charge in [-0.2, -0.15) is 10.1 Å². The number of fused-ring (bicyclic) bond motifs is 1. The van der Waals surface area contributed by atoms with Gasteiger partial charge in [-0.1, -0.05) is 12.1 Å². The van der Waals surface area contributed by atoms with E-state index >= 15 is 0 Å². The van der Waals surface area contributed by atoms with E-state index in [2.05, 4.69) is 20.3 Å². The lowest BCUT2D eigenvalue weighted by Crippen LogP contribution is -2.49. The van der Waals surface area contributed by atoms with E-state index in [0.717, 1.165) is 37.0 Å². The maximum Gasteiger partial charge on any atom is 0.298 e. The molecule has 2 aliphatic rings. The van der Waals surface area contributed by atoms with E-state index in [0.29, 0.717) is 43.9 Å². The Bertz CT molecular complexity index is 933. The third-order valence-electron chi connectivity index (χ3n) is 5.59. The molecule has 8 nitrogen and oxygen atoms in total. The molecule has 1 unspecified atom stereocenters. The van der Waals surface area contributed by atoms with Gasteiger partial charge in [-0.25, -0.2) is 0 Å². The molecule has 1 amide bonds. The molecule has 0 aliphatic carbocycles. The number of piperidine rings is 1. The van der Waals surface area contributed by atoms with Crippen LogP contribution in [0.2, 0.25) is 0 Å². The monoisotopic (exact) mass is 380 g/mol. The maximum atomic E-state index is 12.9. The Morgan fingerprint density at radius 3 is 2.79 bits per heavy atom. The summed E-state index contributed by atoms with van der Waals surface area (Å²) in [6.45, 7) is 4.65. The highest BCUT2D eigenvalue weighted by molar-refractivity contribution is 5.92. The number of aromatic nitrogens is 3. The molecule has 1 atom stereocenters. The molecule has 5 rings (SSSR count). The van der Waals surface area contributed by atoms with Crippen molar-refractivity contribution in [1.29, 1.82) is 0 Å². The fourth-order valence-corrected chi connectivity index (χ4v) is 3.97. The second-order valence-corrected chi connectivity index (χ2v) is 7.42. The van der Waals surface area contributed by atoms with Crippen LogP contribution in [0.25, 0.3) is 11.1 Å². The van der Waals surface area contributed by atoms with E-state index in [-0.39, 0.29) is 5.91 Å². The van der Waals surface area contributed by atoms with E-state index < -0.39 is 0 Å². The van der Waals surface area contributed by atoms with Crippen molar-refractivity contribution in [3.63, 3.8) is 0 Å². The van der Waals surface area contributed by atoms with Crippen LogP contribution in [0, 0.1) is 0 Å². The van der Waals surface area contributed by atoms with Gasteiger partial charge < -0.3 is 19.5 Å². The van der Waals surface area contributed by atoms with Gasteiger partial charge in [-0.15, -0.1) is 0 Å². The van der Waals surface area contributed by atoms with Gasteiger partial charge in [-0.3, -0.25) is 9.48 Å². The normalized spacial score (nSPS) is 20.6. The largest absolute Gasteiger partial charge is 0.423 e. The molecule has 2 fully saturated rings. The zero-order chi connectivity index (χ0) is 18.9. The molecule has 4 heterocycles. The van der Waals surface area contributed by atoms with Crippen molar-refractivity contribution in [2.45, 2.75) is 18.9 Å². The maximum absolute atomic E-state index is 12.9. The summed E-state index contributed by atoms with van der Waals surface area (Å²) in [4.78, 5) is 21.4. The molecule has 2 aromatic heterocycles. The van der Waals surface area contributed by atoms with Gasteiger partial charge in [-0.05, 0) is 37.6 Å². The lowest BCUT2D eigenvalue weighted by Gasteiger charge is -2.33. The van der Waals surface area contributed by atoms with Crippen LogP contribution >= 0.6 is 0 Å². The molecule has 3 aromatic rings. The van der Waals surface area contributed by atoms with Gasteiger partial charge >= 0.3 is 0 Å². The Morgan fingerprint density at radius 1 is 1.14 bits per heavy atom. The van der Waals surface area contributed by atoms with Crippen LogP contribution in [-0.4, -0.2) is 64.8 Å². The van der Waals surface area contributed by atoms with Crippen LogP contribution in [0.4, 0.5) is 6.01 Å². The molecule has 8 heteroatoms. The highest BCUT2D eigenvalue weighted by Gasteiger charge is 2.26. The first-order valence-corrected chi connectivity index (χ1v) is 9.93. The summed E-state index contributed by atoms with van der Waals surface area (Å²) >= 11 is 0. The Morgan fingerprint density at radius 2 is 2.00 bits per heavy atom. The topological polar surface area (TPSA) is 79.4 Å². The van der Waals surface area contributed by atoms with Crippen molar-refractivity contribution in [3.8, 4) is 0 Å². The fraction of sp³-hybridized carbons (Fsp3) is 0.450. The minimum atomic E-state index is -0.000246. The molecule has 0 spiro atoms. The zero-order valence-corrected chi connectivity index (χ0v) is 15.8.